The molecule has 0 spiro atoms. The molecule has 2 N–H and O–H groups in total. The van der Waals surface area contributed by atoms with E-state index in [0.717, 1.165) is 25.7 Å². The van der Waals surface area contributed by atoms with Gasteiger partial charge in [0.15, 0.2) is 11.7 Å². The van der Waals surface area contributed by atoms with Gasteiger partial charge < -0.3 is 20.1 Å². The van der Waals surface area contributed by atoms with E-state index >= 15 is 0 Å². The fourth-order valence-corrected chi connectivity index (χ4v) is 3.64. The van der Waals surface area contributed by atoms with Gasteiger partial charge in [-0.3, -0.25) is 9.59 Å². The topological polar surface area (TPSA) is 93.7 Å². The first-order chi connectivity index (χ1) is 13.7. The number of carbonyl (C=O) groups is 3. The van der Waals surface area contributed by atoms with Crippen molar-refractivity contribution in [1.29, 1.82) is 0 Å². The second-order valence-electron chi connectivity index (χ2n) is 8.69. The summed E-state index contributed by atoms with van der Waals surface area (Å²) in [5.41, 5.74) is -0.311. The second kappa shape index (κ2) is 8.43. The van der Waals surface area contributed by atoms with E-state index in [-0.39, 0.29) is 29.3 Å². The molecule has 7 nitrogen and oxygen atoms in total. The van der Waals surface area contributed by atoms with Gasteiger partial charge in [-0.25, -0.2) is 4.79 Å². The van der Waals surface area contributed by atoms with E-state index in [4.69, 9.17) is 9.47 Å². The summed E-state index contributed by atoms with van der Waals surface area (Å²) < 4.78 is 11.2. The van der Waals surface area contributed by atoms with Crippen molar-refractivity contribution in [2.24, 2.45) is 5.92 Å². The summed E-state index contributed by atoms with van der Waals surface area (Å²) in [6, 6.07) is 4.86. The minimum atomic E-state index is -0.977. The molecule has 0 bridgehead atoms. The third-order valence-corrected chi connectivity index (χ3v) is 5.42. The van der Waals surface area contributed by atoms with Crippen LogP contribution in [0.2, 0.25) is 0 Å². The summed E-state index contributed by atoms with van der Waals surface area (Å²) >= 11 is 0. The molecule has 0 unspecified atom stereocenters. The number of amides is 2. The standard InChI is InChI=1S/C22H30N2O5/c1-13(2)18(19(25)23-15-8-6-5-7-9-15)28-20(26)14-10-11-17-16(12-14)24-21(27)22(3,4)29-17/h10-13,15,18H,5-9H2,1-4H3,(H,23,25)(H,24,27)/t18-/m0/s1. The number of hydrogen-bond donors (Lipinski definition) is 2. The normalized spacial score (nSPS) is 19.6. The molecule has 158 valence electrons. The Hall–Kier alpha value is -2.57. The summed E-state index contributed by atoms with van der Waals surface area (Å²) in [6.07, 6.45) is 4.47. The molecule has 1 aromatic carbocycles. The van der Waals surface area contributed by atoms with Crippen LogP contribution >= 0.6 is 0 Å². The van der Waals surface area contributed by atoms with Crippen LogP contribution in [0.1, 0.15) is 70.2 Å². The van der Waals surface area contributed by atoms with Gasteiger partial charge in [0.2, 0.25) is 0 Å². The Bertz CT molecular complexity index is 796. The summed E-state index contributed by atoms with van der Waals surface area (Å²) in [7, 11) is 0. The molecular formula is C22H30N2O5. The Morgan fingerprint density at radius 3 is 2.55 bits per heavy atom. The molecule has 0 aromatic heterocycles. The number of anilines is 1. The fraction of sp³-hybridized carbons (Fsp3) is 0.591. The van der Waals surface area contributed by atoms with Crippen LogP contribution in [-0.2, 0) is 14.3 Å². The van der Waals surface area contributed by atoms with Gasteiger partial charge in [-0.2, -0.15) is 0 Å². The highest BCUT2D eigenvalue weighted by atomic mass is 16.5. The zero-order chi connectivity index (χ0) is 21.2. The van der Waals surface area contributed by atoms with Gasteiger partial charge in [0.25, 0.3) is 11.8 Å². The molecule has 1 atom stereocenters. The molecule has 0 radical (unpaired) electrons. The molecule has 1 heterocycles. The number of hydrogen-bond acceptors (Lipinski definition) is 5. The Morgan fingerprint density at radius 1 is 1.21 bits per heavy atom. The monoisotopic (exact) mass is 402 g/mol. The quantitative estimate of drug-likeness (QED) is 0.736. The van der Waals surface area contributed by atoms with E-state index in [1.54, 1.807) is 26.0 Å². The smallest absolute Gasteiger partial charge is 0.339 e. The van der Waals surface area contributed by atoms with E-state index < -0.39 is 17.7 Å². The van der Waals surface area contributed by atoms with Crippen LogP contribution in [-0.4, -0.2) is 35.5 Å². The number of nitrogens with one attached hydrogen (secondary N) is 2. The van der Waals surface area contributed by atoms with Crippen molar-refractivity contribution in [2.45, 2.75) is 77.5 Å². The lowest BCUT2D eigenvalue weighted by Crippen LogP contribution is -2.46. The van der Waals surface area contributed by atoms with Gasteiger partial charge in [0, 0.05) is 6.04 Å². The first kappa shape index (κ1) is 21.1. The minimum absolute atomic E-state index is 0.149. The molecule has 2 amide bonds. The van der Waals surface area contributed by atoms with Gasteiger partial charge in [0.05, 0.1) is 11.3 Å². The Balaban J connectivity index is 1.69. The zero-order valence-electron chi connectivity index (χ0n) is 17.5. The maximum absolute atomic E-state index is 12.7. The molecule has 7 heteroatoms. The second-order valence-corrected chi connectivity index (χ2v) is 8.69. The summed E-state index contributed by atoms with van der Waals surface area (Å²) in [4.78, 5) is 37.5. The Kier molecular flexibility index (Phi) is 6.15. The highest BCUT2D eigenvalue weighted by Gasteiger charge is 2.36. The van der Waals surface area contributed by atoms with Crippen molar-refractivity contribution < 1.29 is 23.9 Å². The summed E-state index contributed by atoms with van der Waals surface area (Å²) in [5, 5.41) is 5.78. The maximum atomic E-state index is 12.7. The maximum Gasteiger partial charge on any atom is 0.339 e. The molecule has 1 saturated carbocycles. The van der Waals surface area contributed by atoms with Gasteiger partial charge in [-0.05, 0) is 50.8 Å². The number of rotatable bonds is 5. The average Bonchev–Trinajstić information content (AvgIpc) is 2.66. The molecule has 2 aliphatic rings. The number of benzene rings is 1. The van der Waals surface area contributed by atoms with Gasteiger partial charge >= 0.3 is 5.97 Å². The Morgan fingerprint density at radius 2 is 1.90 bits per heavy atom. The van der Waals surface area contributed by atoms with Crippen molar-refractivity contribution in [3.63, 3.8) is 0 Å². The summed E-state index contributed by atoms with van der Waals surface area (Å²) in [5.74, 6) is -0.825. The third kappa shape index (κ3) is 4.89. The highest BCUT2D eigenvalue weighted by Crippen LogP contribution is 2.34. The highest BCUT2D eigenvalue weighted by molar-refractivity contribution is 6.02. The summed E-state index contributed by atoms with van der Waals surface area (Å²) in [6.45, 7) is 7.04. The van der Waals surface area contributed by atoms with E-state index in [2.05, 4.69) is 10.6 Å². The fourth-order valence-electron chi connectivity index (χ4n) is 3.64. The van der Waals surface area contributed by atoms with Crippen molar-refractivity contribution in [2.75, 3.05) is 5.32 Å². The number of ether oxygens (including phenoxy) is 2. The van der Waals surface area contributed by atoms with E-state index in [1.807, 2.05) is 13.8 Å². The van der Waals surface area contributed by atoms with Crippen LogP contribution in [0.4, 0.5) is 5.69 Å². The first-order valence-electron chi connectivity index (χ1n) is 10.3. The number of esters is 1. The van der Waals surface area contributed by atoms with E-state index in [0.29, 0.717) is 11.4 Å². The zero-order valence-corrected chi connectivity index (χ0v) is 17.5. The number of fused-ring (bicyclic) bond motifs is 1. The molecule has 1 aliphatic heterocycles. The van der Waals surface area contributed by atoms with E-state index in [1.165, 1.54) is 12.5 Å². The largest absolute Gasteiger partial charge is 0.476 e. The van der Waals surface area contributed by atoms with Crippen molar-refractivity contribution in [3.05, 3.63) is 23.8 Å². The van der Waals surface area contributed by atoms with Crippen molar-refractivity contribution in [1.82, 2.24) is 5.32 Å². The molecule has 1 aromatic rings. The van der Waals surface area contributed by atoms with Crippen LogP contribution < -0.4 is 15.4 Å². The predicted octanol–water partition coefficient (Wildman–Crippen LogP) is 3.43. The SMILES string of the molecule is CC(C)[C@H](OC(=O)c1ccc2c(c1)NC(=O)C(C)(C)O2)C(=O)NC1CCCCC1. The van der Waals surface area contributed by atoms with Gasteiger partial charge in [0.1, 0.15) is 5.75 Å². The van der Waals surface area contributed by atoms with Crippen molar-refractivity contribution in [3.8, 4) is 5.75 Å². The lowest BCUT2D eigenvalue weighted by Gasteiger charge is -2.31. The Labute approximate surface area is 171 Å². The van der Waals surface area contributed by atoms with Crippen molar-refractivity contribution >= 4 is 23.5 Å². The third-order valence-electron chi connectivity index (χ3n) is 5.42. The molecule has 29 heavy (non-hydrogen) atoms. The molecule has 3 rings (SSSR count). The van der Waals surface area contributed by atoms with Gasteiger partial charge in [-0.1, -0.05) is 33.1 Å². The lowest BCUT2D eigenvalue weighted by molar-refractivity contribution is -0.133. The minimum Gasteiger partial charge on any atom is -0.476 e. The number of carbonyl (C=O) groups excluding carboxylic acids is 3. The van der Waals surface area contributed by atoms with E-state index in [9.17, 15) is 14.4 Å². The molecular weight excluding hydrogens is 372 g/mol. The van der Waals surface area contributed by atoms with Crippen LogP contribution in [0.3, 0.4) is 0 Å². The van der Waals surface area contributed by atoms with Crippen LogP contribution in [0.15, 0.2) is 18.2 Å². The van der Waals surface area contributed by atoms with Crippen LogP contribution in [0, 0.1) is 5.92 Å². The molecule has 0 saturated heterocycles. The lowest BCUT2D eigenvalue weighted by atomic mass is 9.95. The van der Waals surface area contributed by atoms with Gasteiger partial charge in [-0.15, -0.1) is 0 Å². The first-order valence-corrected chi connectivity index (χ1v) is 10.3. The molecule has 1 fully saturated rings. The molecule has 1 aliphatic carbocycles. The predicted molar refractivity (Wildman–Crippen MR) is 109 cm³/mol. The average molecular weight is 402 g/mol. The van der Waals surface area contributed by atoms with Crippen LogP contribution in [0.5, 0.6) is 5.75 Å². The van der Waals surface area contributed by atoms with Crippen LogP contribution in [0.25, 0.3) is 0 Å².